The molecule has 1 heterocycles. The number of rotatable bonds is 10. The minimum atomic E-state index is -4.07. The number of hydrogen-bond acceptors (Lipinski definition) is 3. The van der Waals surface area contributed by atoms with Gasteiger partial charge in [0.25, 0.3) is 0 Å². The van der Waals surface area contributed by atoms with Gasteiger partial charge in [0.05, 0.1) is 4.90 Å². The van der Waals surface area contributed by atoms with Gasteiger partial charge in [-0.2, -0.15) is 4.31 Å². The van der Waals surface area contributed by atoms with E-state index in [4.69, 9.17) is 0 Å². The molecule has 7 heteroatoms. The summed E-state index contributed by atoms with van der Waals surface area (Å²) < 4.78 is 29.7. The monoisotopic (exact) mass is 609 g/mol. The molecule has 0 bridgehead atoms. The highest BCUT2D eigenvalue weighted by atomic mass is 32.3. The predicted molar refractivity (Wildman–Crippen MR) is 176 cm³/mol. The summed E-state index contributed by atoms with van der Waals surface area (Å²) in [7, 11) is -5.75. The number of hydrogen-bond donors (Lipinski definition) is 1. The highest BCUT2D eigenvalue weighted by Gasteiger charge is 2.49. The third kappa shape index (κ3) is 6.25. The smallest absolute Gasteiger partial charge is 0.322 e. The van der Waals surface area contributed by atoms with Crippen molar-refractivity contribution in [2.24, 2.45) is 0 Å². The van der Waals surface area contributed by atoms with Gasteiger partial charge in [-0.3, -0.25) is 4.79 Å². The molecule has 220 valence electrons. The average molecular weight is 610 g/mol. The fraction of sp³-hybridized carbons (Fsp3) is 0.194. The van der Waals surface area contributed by atoms with E-state index in [1.165, 1.54) is 21.0 Å². The summed E-state index contributed by atoms with van der Waals surface area (Å²) in [5.74, 6) is 1.23. The lowest BCUT2D eigenvalue weighted by Crippen LogP contribution is -2.40. The molecule has 43 heavy (non-hydrogen) atoms. The molecular weight excluding hydrogens is 575 g/mol. The number of nitrogens with zero attached hydrogens (tertiary/aromatic N) is 1. The van der Waals surface area contributed by atoms with Gasteiger partial charge in [-0.05, 0) is 46.0 Å². The molecule has 1 aliphatic heterocycles. The highest BCUT2D eigenvalue weighted by Crippen LogP contribution is 2.63. The van der Waals surface area contributed by atoms with Crippen LogP contribution in [0.1, 0.15) is 23.1 Å². The molecule has 0 spiro atoms. The van der Waals surface area contributed by atoms with E-state index in [9.17, 15) is 18.3 Å². The summed E-state index contributed by atoms with van der Waals surface area (Å²) in [6.45, 7) is 0.175. The van der Waals surface area contributed by atoms with Crippen LogP contribution in [-0.2, 0) is 32.1 Å². The Labute approximate surface area is 255 Å². The maximum atomic E-state index is 14.2. The number of aliphatic carboxylic acids is 1. The Morgan fingerprint density at radius 2 is 1.12 bits per heavy atom. The number of fused-ring (bicyclic) bond motifs is 1. The van der Waals surface area contributed by atoms with Gasteiger partial charge in [-0.15, -0.1) is 0 Å². The predicted octanol–water partition coefficient (Wildman–Crippen LogP) is 7.46. The van der Waals surface area contributed by atoms with Crippen LogP contribution >= 0.6 is 10.0 Å². The van der Waals surface area contributed by atoms with Crippen LogP contribution in [0.15, 0.2) is 138 Å². The summed E-state index contributed by atoms with van der Waals surface area (Å²) >= 11 is 0. The largest absolute Gasteiger partial charge is 0.480 e. The van der Waals surface area contributed by atoms with E-state index in [2.05, 4.69) is 36.4 Å². The first-order valence-corrected chi connectivity index (χ1v) is 18.1. The number of carboxylic acid groups (broad SMARTS) is 1. The molecule has 5 aromatic rings. The van der Waals surface area contributed by atoms with Gasteiger partial charge in [0.2, 0.25) is 10.0 Å². The van der Waals surface area contributed by atoms with Crippen LogP contribution in [0.3, 0.4) is 0 Å². The Kier molecular flexibility index (Phi) is 8.39. The first-order valence-electron chi connectivity index (χ1n) is 14.4. The summed E-state index contributed by atoms with van der Waals surface area (Å²) in [5, 5.41) is 12.0. The molecule has 5 aromatic carbocycles. The van der Waals surface area contributed by atoms with Crippen molar-refractivity contribution in [3.05, 3.63) is 150 Å². The van der Waals surface area contributed by atoms with Gasteiger partial charge in [0, 0.05) is 29.1 Å². The van der Waals surface area contributed by atoms with Crippen LogP contribution in [0.2, 0.25) is 0 Å². The van der Waals surface area contributed by atoms with Crippen LogP contribution < -0.4 is 0 Å². The molecule has 1 N–H and O–H groups in total. The second-order valence-corrected chi connectivity index (χ2v) is 16.9. The van der Waals surface area contributed by atoms with E-state index in [1.54, 1.807) is 18.2 Å². The van der Waals surface area contributed by atoms with Crippen molar-refractivity contribution in [3.63, 3.8) is 0 Å². The number of benzene rings is 5. The van der Waals surface area contributed by atoms with Gasteiger partial charge in [-0.1, -0.05) is 121 Å². The van der Waals surface area contributed by atoms with Crippen LogP contribution in [0.4, 0.5) is 0 Å². The second kappa shape index (κ2) is 12.4. The molecule has 1 aliphatic rings. The second-order valence-electron chi connectivity index (χ2n) is 11.3. The van der Waals surface area contributed by atoms with Crippen molar-refractivity contribution in [2.75, 3.05) is 6.54 Å². The van der Waals surface area contributed by atoms with Crippen LogP contribution in [0.25, 0.3) is 10.8 Å². The summed E-state index contributed by atoms with van der Waals surface area (Å²) in [5.41, 5.74) is 3.56. The molecule has 0 amide bonds. The SMILES string of the molecule is O=C(O)[C@@H]1C[C@@H](S(Cc2ccccc2)(Cc2ccccc2)Cc2ccccc2)CN1S(=O)(=O)c1ccc2ccccc2c1. The normalized spacial score (nSPS) is 18.0. The zero-order valence-electron chi connectivity index (χ0n) is 23.8. The van der Waals surface area contributed by atoms with E-state index < -0.39 is 32.1 Å². The van der Waals surface area contributed by atoms with Gasteiger partial charge < -0.3 is 5.11 Å². The molecule has 2 atom stereocenters. The molecule has 5 nitrogen and oxygen atoms in total. The Balaban J connectivity index is 1.45. The molecular formula is C36H35NO4S2. The van der Waals surface area contributed by atoms with Gasteiger partial charge in [-0.25, -0.2) is 18.4 Å². The van der Waals surface area contributed by atoms with Crippen molar-refractivity contribution in [3.8, 4) is 0 Å². The number of sulfonamides is 1. The molecule has 0 radical (unpaired) electrons. The quantitative estimate of drug-likeness (QED) is 0.178. The maximum absolute atomic E-state index is 14.2. The van der Waals surface area contributed by atoms with Crippen molar-refractivity contribution >= 4 is 36.8 Å². The summed E-state index contributed by atoms with van der Waals surface area (Å²) in [6.07, 6.45) is 0.282. The fourth-order valence-corrected chi connectivity index (χ4v) is 12.7. The van der Waals surface area contributed by atoms with Crippen molar-refractivity contribution in [1.29, 1.82) is 0 Å². The Morgan fingerprint density at radius 3 is 1.60 bits per heavy atom. The van der Waals surface area contributed by atoms with E-state index in [0.29, 0.717) is 0 Å². The standard InChI is InChI=1S/C36H35NO4S2/c38-36(39)35-23-34(24-37(35)43(40,41)33-21-20-31-18-10-11-19-32(31)22-33)42(25-28-12-4-1-5-13-28,26-29-14-6-2-7-15-29)27-30-16-8-3-9-17-30/h1-22,34-35H,23-27H2,(H,38,39)/t34-,35+/m1/s1. The average Bonchev–Trinajstić information content (AvgIpc) is 3.50. The number of carboxylic acids is 1. The molecule has 6 rings (SSSR count). The van der Waals surface area contributed by atoms with Gasteiger partial charge in [0.1, 0.15) is 6.04 Å². The Bertz CT molecular complexity index is 1710. The lowest BCUT2D eigenvalue weighted by Gasteiger charge is -2.46. The summed E-state index contributed by atoms with van der Waals surface area (Å²) in [4.78, 5) is 12.9. The maximum Gasteiger partial charge on any atom is 0.322 e. The fourth-order valence-electron chi connectivity index (χ4n) is 6.31. The lowest BCUT2D eigenvalue weighted by molar-refractivity contribution is -0.140. The first-order chi connectivity index (χ1) is 20.8. The minimum Gasteiger partial charge on any atom is -0.480 e. The Morgan fingerprint density at radius 1 is 0.651 bits per heavy atom. The van der Waals surface area contributed by atoms with Crippen LogP contribution in [-0.4, -0.2) is 41.6 Å². The Hall–Kier alpha value is -3.91. The van der Waals surface area contributed by atoms with E-state index in [-0.39, 0.29) is 23.1 Å². The van der Waals surface area contributed by atoms with E-state index in [0.717, 1.165) is 28.0 Å². The first kappa shape index (κ1) is 29.2. The zero-order valence-corrected chi connectivity index (χ0v) is 25.5. The third-order valence-corrected chi connectivity index (χ3v) is 14.8. The molecule has 0 aromatic heterocycles. The van der Waals surface area contributed by atoms with E-state index >= 15 is 0 Å². The molecule has 0 unspecified atom stereocenters. The third-order valence-electron chi connectivity index (χ3n) is 8.43. The van der Waals surface area contributed by atoms with Gasteiger partial charge in [0.15, 0.2) is 0 Å². The van der Waals surface area contributed by atoms with Crippen molar-refractivity contribution in [2.45, 2.75) is 39.9 Å². The van der Waals surface area contributed by atoms with E-state index in [1.807, 2.05) is 78.9 Å². The van der Waals surface area contributed by atoms with Gasteiger partial charge >= 0.3 is 5.97 Å². The minimum absolute atomic E-state index is 0.121. The topological polar surface area (TPSA) is 74.7 Å². The lowest BCUT2D eigenvalue weighted by atomic mass is 10.1. The molecule has 0 aliphatic carbocycles. The molecule has 1 saturated heterocycles. The van der Waals surface area contributed by atoms with Crippen LogP contribution in [0, 0.1) is 0 Å². The van der Waals surface area contributed by atoms with Crippen molar-refractivity contribution in [1.82, 2.24) is 4.31 Å². The highest BCUT2D eigenvalue weighted by molar-refractivity contribution is 8.32. The molecule has 1 fully saturated rings. The van der Waals surface area contributed by atoms with Crippen LogP contribution in [0.5, 0.6) is 0 Å². The molecule has 0 saturated carbocycles. The zero-order chi connectivity index (χ0) is 29.9. The summed E-state index contributed by atoms with van der Waals surface area (Å²) in [6, 6.07) is 42.5. The van der Waals surface area contributed by atoms with Crippen molar-refractivity contribution < 1.29 is 18.3 Å². The number of carbonyl (C=O) groups is 1.